The lowest BCUT2D eigenvalue weighted by Crippen LogP contribution is -2.48. The number of phenols is 1. The monoisotopic (exact) mass is 570 g/mol. The lowest BCUT2D eigenvalue weighted by Gasteiger charge is -2.33. The maximum atomic E-state index is 14.2. The lowest BCUT2D eigenvalue weighted by atomic mass is 9.94. The van der Waals surface area contributed by atoms with Crippen LogP contribution in [0.2, 0.25) is 0 Å². The molecule has 0 aliphatic heterocycles. The van der Waals surface area contributed by atoms with Gasteiger partial charge in [-0.2, -0.15) is 0 Å². The number of aromatic hydroxyl groups is 1. The number of phenolic OH excluding ortho intramolecular Hbond substituents is 1. The molecule has 1 saturated carbocycles. The average Bonchev–Trinajstić information content (AvgIpc) is 3.39. The number of methoxy groups -OCH3 is 1. The maximum Gasteiger partial charge on any atom is 0.249 e. The highest BCUT2D eigenvalue weighted by molar-refractivity contribution is 6.02. The zero-order valence-electron chi connectivity index (χ0n) is 23.6. The Labute approximate surface area is 243 Å². The second-order valence-electron chi connectivity index (χ2n) is 10.4. The summed E-state index contributed by atoms with van der Waals surface area (Å²) >= 11 is 0. The minimum Gasteiger partial charge on any atom is -0.504 e. The maximum absolute atomic E-state index is 14.2. The highest BCUT2D eigenvalue weighted by atomic mass is 16.5. The van der Waals surface area contributed by atoms with Gasteiger partial charge in [-0.05, 0) is 66.9 Å². The minimum atomic E-state index is -1.13. The van der Waals surface area contributed by atoms with Crippen molar-refractivity contribution in [1.29, 1.82) is 0 Å². The molecule has 4 aromatic rings. The Bertz CT molecular complexity index is 1580. The Morgan fingerprint density at radius 1 is 1.05 bits per heavy atom. The summed E-state index contributed by atoms with van der Waals surface area (Å²) in [5.41, 5.74) is 2.70. The SMILES string of the molecule is COc1ccc([C@H](C(=O)NC2CCCCC2)N(C(=O)Cn2nnc3ccccc32)c2ccc(NC(C)=O)cc2)cc1O. The van der Waals surface area contributed by atoms with Crippen LogP contribution in [0.15, 0.2) is 66.7 Å². The van der Waals surface area contributed by atoms with E-state index >= 15 is 0 Å². The normalized spacial score (nSPS) is 14.2. The van der Waals surface area contributed by atoms with Gasteiger partial charge >= 0.3 is 0 Å². The first kappa shape index (κ1) is 28.6. The van der Waals surface area contributed by atoms with E-state index in [4.69, 9.17) is 4.74 Å². The van der Waals surface area contributed by atoms with E-state index in [1.54, 1.807) is 36.4 Å². The van der Waals surface area contributed by atoms with Crippen molar-refractivity contribution in [2.75, 3.05) is 17.3 Å². The fraction of sp³-hybridized carbons (Fsp3) is 0.323. The molecule has 3 aromatic carbocycles. The minimum absolute atomic E-state index is 0.0149. The molecule has 1 fully saturated rings. The zero-order chi connectivity index (χ0) is 29.6. The molecule has 3 amide bonds. The first-order valence-electron chi connectivity index (χ1n) is 14.0. The summed E-state index contributed by atoms with van der Waals surface area (Å²) < 4.78 is 6.72. The Morgan fingerprint density at radius 2 is 1.79 bits per heavy atom. The molecule has 11 heteroatoms. The molecule has 0 bridgehead atoms. The molecule has 1 aliphatic rings. The number of rotatable bonds is 9. The van der Waals surface area contributed by atoms with Crippen molar-refractivity contribution in [1.82, 2.24) is 20.3 Å². The second-order valence-corrected chi connectivity index (χ2v) is 10.4. The molecule has 1 atom stereocenters. The van der Waals surface area contributed by atoms with E-state index in [0.29, 0.717) is 28.0 Å². The van der Waals surface area contributed by atoms with Gasteiger partial charge in [-0.15, -0.1) is 5.10 Å². The van der Waals surface area contributed by atoms with Crippen LogP contribution in [0.4, 0.5) is 11.4 Å². The summed E-state index contributed by atoms with van der Waals surface area (Å²) in [4.78, 5) is 41.4. The predicted octanol–water partition coefficient (Wildman–Crippen LogP) is 4.33. The van der Waals surface area contributed by atoms with Gasteiger partial charge in [-0.25, -0.2) is 4.68 Å². The quantitative estimate of drug-likeness (QED) is 0.272. The molecule has 218 valence electrons. The summed E-state index contributed by atoms with van der Waals surface area (Å²) in [6.07, 6.45) is 4.88. The van der Waals surface area contributed by atoms with Gasteiger partial charge < -0.3 is 20.5 Å². The van der Waals surface area contributed by atoms with Crippen LogP contribution in [0.5, 0.6) is 11.5 Å². The van der Waals surface area contributed by atoms with Gasteiger partial charge in [0.1, 0.15) is 18.1 Å². The summed E-state index contributed by atoms with van der Waals surface area (Å²) in [6.45, 7) is 1.22. The fourth-order valence-corrected chi connectivity index (χ4v) is 5.41. The number of amides is 3. The molecule has 0 saturated heterocycles. The van der Waals surface area contributed by atoms with Crippen LogP contribution < -0.4 is 20.3 Å². The van der Waals surface area contributed by atoms with Crippen molar-refractivity contribution in [2.24, 2.45) is 0 Å². The van der Waals surface area contributed by atoms with Gasteiger partial charge in [0.25, 0.3) is 0 Å². The third-order valence-corrected chi connectivity index (χ3v) is 7.42. The molecule has 5 rings (SSSR count). The van der Waals surface area contributed by atoms with Crippen LogP contribution in [0.3, 0.4) is 0 Å². The number of anilines is 2. The fourth-order valence-electron chi connectivity index (χ4n) is 5.41. The van der Waals surface area contributed by atoms with Crippen LogP contribution in [-0.4, -0.2) is 51.0 Å². The van der Waals surface area contributed by atoms with E-state index in [0.717, 1.165) is 32.1 Å². The van der Waals surface area contributed by atoms with Crippen molar-refractivity contribution < 1.29 is 24.2 Å². The van der Waals surface area contributed by atoms with Gasteiger partial charge in [-0.1, -0.05) is 42.7 Å². The highest BCUT2D eigenvalue weighted by Crippen LogP contribution is 2.35. The number of benzene rings is 3. The van der Waals surface area contributed by atoms with Crippen LogP contribution in [0, 0.1) is 0 Å². The number of nitrogens with zero attached hydrogens (tertiary/aromatic N) is 4. The van der Waals surface area contributed by atoms with Crippen molar-refractivity contribution in [3.63, 3.8) is 0 Å². The van der Waals surface area contributed by atoms with Gasteiger partial charge in [-0.3, -0.25) is 19.3 Å². The highest BCUT2D eigenvalue weighted by Gasteiger charge is 2.35. The summed E-state index contributed by atoms with van der Waals surface area (Å²) in [7, 11) is 1.44. The third-order valence-electron chi connectivity index (χ3n) is 7.42. The van der Waals surface area contributed by atoms with Crippen LogP contribution >= 0.6 is 0 Å². The van der Waals surface area contributed by atoms with Gasteiger partial charge in [0.2, 0.25) is 17.7 Å². The molecule has 1 aliphatic carbocycles. The molecule has 42 heavy (non-hydrogen) atoms. The number of para-hydroxylation sites is 1. The van der Waals surface area contributed by atoms with Crippen molar-refractivity contribution in [2.45, 2.75) is 57.7 Å². The molecular weight excluding hydrogens is 536 g/mol. The van der Waals surface area contributed by atoms with Crippen LogP contribution in [-0.2, 0) is 20.9 Å². The molecule has 0 spiro atoms. The average molecular weight is 571 g/mol. The topological polar surface area (TPSA) is 139 Å². The number of hydrogen-bond acceptors (Lipinski definition) is 7. The number of carbonyl (C=O) groups excluding carboxylic acids is 3. The Morgan fingerprint density at radius 3 is 2.48 bits per heavy atom. The smallest absolute Gasteiger partial charge is 0.249 e. The molecule has 0 radical (unpaired) electrons. The van der Waals surface area contributed by atoms with Gasteiger partial charge in [0.05, 0.1) is 12.6 Å². The largest absolute Gasteiger partial charge is 0.504 e. The number of ether oxygens (including phenoxy) is 1. The molecule has 11 nitrogen and oxygen atoms in total. The Hall–Kier alpha value is -4.93. The Balaban J connectivity index is 1.58. The molecular formula is C31H34N6O5. The molecule has 1 aromatic heterocycles. The molecule has 0 unspecified atom stereocenters. The second kappa shape index (κ2) is 12.7. The number of nitrogens with one attached hydrogen (secondary N) is 2. The van der Waals surface area contributed by atoms with E-state index in [9.17, 15) is 19.5 Å². The van der Waals surface area contributed by atoms with E-state index < -0.39 is 11.9 Å². The van der Waals surface area contributed by atoms with Crippen LogP contribution in [0.25, 0.3) is 11.0 Å². The number of hydrogen-bond donors (Lipinski definition) is 3. The standard InChI is InChI=1S/C31H34N6O5/c1-20(38)32-23-13-15-24(16-14-23)37(29(40)19-36-26-11-7-6-10-25(26)34-35-36)30(21-12-17-28(42-2)27(39)18-21)31(41)33-22-8-4-3-5-9-22/h6-7,10-18,22,30,39H,3-5,8-9,19H2,1-2H3,(H,32,38)(H,33,41)/t30-/m1/s1. The first-order valence-corrected chi connectivity index (χ1v) is 14.0. The number of carbonyl (C=O) groups is 3. The van der Waals surface area contributed by atoms with Crippen molar-refractivity contribution in [3.05, 3.63) is 72.3 Å². The summed E-state index contributed by atoms with van der Waals surface area (Å²) in [6, 6.07) is 17.5. The van der Waals surface area contributed by atoms with E-state index in [2.05, 4.69) is 20.9 Å². The van der Waals surface area contributed by atoms with Gasteiger partial charge in [0, 0.05) is 24.3 Å². The van der Waals surface area contributed by atoms with E-state index in [1.165, 1.54) is 29.7 Å². The van der Waals surface area contributed by atoms with Crippen molar-refractivity contribution in [3.8, 4) is 11.5 Å². The molecule has 3 N–H and O–H groups in total. The summed E-state index contributed by atoms with van der Waals surface area (Å²) in [5.74, 6) is -0.920. The number of fused-ring (bicyclic) bond motifs is 1. The predicted molar refractivity (Wildman–Crippen MR) is 158 cm³/mol. The summed E-state index contributed by atoms with van der Waals surface area (Å²) in [5, 5.41) is 24.9. The lowest BCUT2D eigenvalue weighted by molar-refractivity contribution is -0.127. The first-order chi connectivity index (χ1) is 20.3. The third kappa shape index (κ3) is 6.35. The van der Waals surface area contributed by atoms with Crippen LogP contribution in [0.1, 0.15) is 50.6 Å². The van der Waals surface area contributed by atoms with Gasteiger partial charge in [0.15, 0.2) is 11.5 Å². The Kier molecular flexibility index (Phi) is 8.66. The van der Waals surface area contributed by atoms with E-state index in [1.807, 2.05) is 24.3 Å². The van der Waals surface area contributed by atoms with E-state index in [-0.39, 0.29) is 35.9 Å². The molecule has 1 heterocycles. The zero-order valence-corrected chi connectivity index (χ0v) is 23.6. The number of aromatic nitrogens is 3. The van der Waals surface area contributed by atoms with Crippen molar-refractivity contribution >= 4 is 40.1 Å².